The molecule has 2 saturated heterocycles. The summed E-state index contributed by atoms with van der Waals surface area (Å²) in [5, 5.41) is 28.0. The van der Waals surface area contributed by atoms with Gasteiger partial charge in [0, 0.05) is 24.0 Å². The summed E-state index contributed by atoms with van der Waals surface area (Å²) < 4.78 is 5.81. The second kappa shape index (κ2) is 17.1. The number of aliphatic hydroxyl groups is 2. The first-order valence-corrected chi connectivity index (χ1v) is 14.6. The molecule has 0 aliphatic carbocycles. The Hall–Kier alpha value is -1.72. The van der Waals surface area contributed by atoms with Gasteiger partial charge in [0.25, 0.3) is 0 Å². The summed E-state index contributed by atoms with van der Waals surface area (Å²) in [6, 6.07) is 8.31. The van der Waals surface area contributed by atoms with E-state index in [2.05, 4.69) is 16.0 Å². The molecule has 11 heteroatoms. The smallest absolute Gasteiger partial charge is 0.315 e. The van der Waals surface area contributed by atoms with E-state index >= 15 is 0 Å². The van der Waals surface area contributed by atoms with Crippen LogP contribution in [0.4, 0.5) is 4.79 Å². The molecule has 1 aromatic rings. The molecule has 0 unspecified atom stereocenters. The van der Waals surface area contributed by atoms with Crippen LogP contribution >= 0.6 is 24.2 Å². The van der Waals surface area contributed by atoms with Crippen LogP contribution in [0.25, 0.3) is 0 Å². The lowest BCUT2D eigenvalue weighted by atomic mass is 9.94. The number of thioether (sulfide) groups is 1. The molecule has 7 N–H and O–H groups in total. The highest BCUT2D eigenvalue weighted by molar-refractivity contribution is 8.00. The summed E-state index contributed by atoms with van der Waals surface area (Å²) in [6.45, 7) is 0.907. The van der Waals surface area contributed by atoms with Crippen LogP contribution in [0.1, 0.15) is 63.4 Å². The van der Waals surface area contributed by atoms with Crippen molar-refractivity contribution in [2.45, 2.75) is 87.1 Å². The highest BCUT2D eigenvalue weighted by Gasteiger charge is 2.42. The Morgan fingerprint density at radius 2 is 1.82 bits per heavy atom. The Bertz CT molecular complexity index is 843. The van der Waals surface area contributed by atoms with Crippen LogP contribution in [0.3, 0.4) is 0 Å². The lowest BCUT2D eigenvalue weighted by Crippen LogP contribution is -2.47. The second-order valence-electron chi connectivity index (χ2n) is 10.3. The highest BCUT2D eigenvalue weighted by Crippen LogP contribution is 2.33. The Labute approximate surface area is 236 Å². The molecule has 0 saturated carbocycles. The number of hydrogen-bond acceptors (Lipinski definition) is 7. The molecule has 216 valence electrons. The number of amides is 3. The Balaban J connectivity index is 0.00000507. The molecular weight excluding hydrogens is 528 g/mol. The maximum atomic E-state index is 12.1. The number of halogens is 1. The predicted molar refractivity (Wildman–Crippen MR) is 154 cm³/mol. The Kier molecular flexibility index (Phi) is 14.6. The number of hydrogen-bond donors (Lipinski definition) is 6. The summed E-state index contributed by atoms with van der Waals surface area (Å²) in [5.41, 5.74) is 6.07. The van der Waals surface area contributed by atoms with Crippen LogP contribution in [-0.4, -0.2) is 77.1 Å². The zero-order valence-electron chi connectivity index (χ0n) is 22.2. The summed E-state index contributed by atoms with van der Waals surface area (Å²) >= 11 is 1.92. The van der Waals surface area contributed by atoms with Crippen LogP contribution in [0, 0.1) is 0 Å². The molecule has 2 heterocycles. The van der Waals surface area contributed by atoms with E-state index in [1.807, 2.05) is 36.0 Å². The molecule has 3 atom stereocenters. The molecule has 2 fully saturated rings. The third kappa shape index (κ3) is 10.8. The number of nitrogens with two attached hydrogens (primary N) is 1. The van der Waals surface area contributed by atoms with Crippen LogP contribution in [-0.2, 0) is 11.2 Å². The minimum absolute atomic E-state index is 0. The summed E-state index contributed by atoms with van der Waals surface area (Å²) in [6.07, 6.45) is 8.76. The van der Waals surface area contributed by atoms with Crippen LogP contribution < -0.4 is 26.4 Å². The SMILES string of the molecule is Cl.NC(CO)(CO)CCc1ccc(OCCCCCCNC(=O)CCCC[C@H]2SC[C@H]3NC(=O)N[C@H]32)cc1. The average Bonchev–Trinajstić information content (AvgIpc) is 3.46. The number of carbonyl (C=O) groups excluding carboxylic acids is 2. The van der Waals surface area contributed by atoms with Gasteiger partial charge < -0.3 is 36.6 Å². The van der Waals surface area contributed by atoms with Gasteiger partial charge in [-0.25, -0.2) is 4.79 Å². The molecule has 0 bridgehead atoms. The summed E-state index contributed by atoms with van der Waals surface area (Å²) in [5.74, 6) is 1.93. The van der Waals surface area contributed by atoms with Crippen LogP contribution in [0.15, 0.2) is 24.3 Å². The summed E-state index contributed by atoms with van der Waals surface area (Å²) in [7, 11) is 0. The van der Waals surface area contributed by atoms with E-state index in [1.54, 1.807) is 0 Å². The maximum Gasteiger partial charge on any atom is 0.315 e. The van der Waals surface area contributed by atoms with Gasteiger partial charge in [-0.3, -0.25) is 4.79 Å². The normalized spacial score (nSPS) is 20.3. The average molecular weight is 573 g/mol. The fraction of sp³-hybridized carbons (Fsp3) is 0.704. The van der Waals surface area contributed by atoms with E-state index in [4.69, 9.17) is 10.5 Å². The third-order valence-corrected chi connectivity index (χ3v) is 8.72. The number of nitrogens with one attached hydrogen (secondary N) is 3. The van der Waals surface area contributed by atoms with Gasteiger partial charge in [-0.15, -0.1) is 12.4 Å². The van der Waals surface area contributed by atoms with Gasteiger partial charge >= 0.3 is 6.03 Å². The van der Waals surface area contributed by atoms with E-state index in [0.29, 0.717) is 31.1 Å². The van der Waals surface area contributed by atoms with Gasteiger partial charge in [0.15, 0.2) is 0 Å². The first-order valence-electron chi connectivity index (χ1n) is 13.6. The van der Waals surface area contributed by atoms with E-state index in [0.717, 1.165) is 68.6 Å². The van der Waals surface area contributed by atoms with Crippen molar-refractivity contribution in [3.8, 4) is 5.75 Å². The molecule has 9 nitrogen and oxygen atoms in total. The van der Waals surface area contributed by atoms with E-state index in [9.17, 15) is 19.8 Å². The topological polar surface area (TPSA) is 146 Å². The standard InChI is InChI=1S/C27H44N4O5S.ClH/c28-27(18-32,19-33)14-13-20-9-11-21(12-10-20)36-16-6-2-1-5-15-29-24(34)8-4-3-7-23-25-22(17-37-23)30-26(35)31-25;/h9-12,22-23,25,32-33H,1-8,13-19,28H2,(H,29,34)(H2,30,31,35);1H/t22-,23-,25-;/m1./s1. The maximum absolute atomic E-state index is 12.1. The quantitative estimate of drug-likeness (QED) is 0.117. The number of rotatable bonds is 18. The molecule has 2 aliphatic heterocycles. The number of aryl methyl sites for hydroxylation is 1. The van der Waals surface area contributed by atoms with Crippen molar-refractivity contribution in [1.82, 2.24) is 16.0 Å². The Morgan fingerprint density at radius 3 is 2.55 bits per heavy atom. The second-order valence-corrected chi connectivity index (χ2v) is 11.6. The minimum atomic E-state index is -0.939. The highest BCUT2D eigenvalue weighted by atomic mass is 35.5. The first-order chi connectivity index (χ1) is 17.9. The monoisotopic (exact) mass is 572 g/mol. The van der Waals surface area contributed by atoms with Gasteiger partial charge in [0.1, 0.15) is 5.75 Å². The number of carbonyl (C=O) groups is 2. The van der Waals surface area contributed by atoms with Gasteiger partial charge in [0.2, 0.25) is 5.91 Å². The van der Waals surface area contributed by atoms with E-state index in [1.165, 1.54) is 0 Å². The molecule has 0 radical (unpaired) electrons. The molecule has 0 aromatic heterocycles. The molecular formula is C27H45ClN4O5S. The third-order valence-electron chi connectivity index (χ3n) is 7.21. The van der Waals surface area contributed by atoms with Gasteiger partial charge in [-0.1, -0.05) is 31.4 Å². The lowest BCUT2D eigenvalue weighted by molar-refractivity contribution is -0.121. The summed E-state index contributed by atoms with van der Waals surface area (Å²) in [4.78, 5) is 23.5. The number of unbranched alkanes of at least 4 members (excludes halogenated alkanes) is 4. The minimum Gasteiger partial charge on any atom is -0.494 e. The number of ether oxygens (including phenoxy) is 1. The molecule has 3 rings (SSSR count). The van der Waals surface area contributed by atoms with Gasteiger partial charge in [-0.2, -0.15) is 11.8 Å². The molecule has 1 aromatic carbocycles. The lowest BCUT2D eigenvalue weighted by Gasteiger charge is -2.24. The Morgan fingerprint density at radius 1 is 1.08 bits per heavy atom. The van der Waals surface area contributed by atoms with Crippen molar-refractivity contribution >= 4 is 36.1 Å². The molecule has 3 amide bonds. The van der Waals surface area contributed by atoms with Crippen LogP contribution in [0.2, 0.25) is 0 Å². The van der Waals surface area contributed by atoms with Gasteiger partial charge in [0.05, 0.1) is 37.4 Å². The van der Waals surface area contributed by atoms with Crippen molar-refractivity contribution in [3.05, 3.63) is 29.8 Å². The number of urea groups is 1. The molecule has 38 heavy (non-hydrogen) atoms. The number of fused-ring (bicyclic) bond motifs is 1. The van der Waals surface area contributed by atoms with Crippen molar-refractivity contribution in [2.24, 2.45) is 5.73 Å². The largest absolute Gasteiger partial charge is 0.494 e. The number of benzene rings is 1. The van der Waals surface area contributed by atoms with Crippen molar-refractivity contribution < 1.29 is 24.5 Å². The first kappa shape index (κ1) is 32.5. The zero-order chi connectivity index (χ0) is 26.5. The van der Waals surface area contributed by atoms with Crippen molar-refractivity contribution in [1.29, 1.82) is 0 Å². The van der Waals surface area contributed by atoms with Crippen molar-refractivity contribution in [3.63, 3.8) is 0 Å². The molecule has 2 aliphatic rings. The molecule has 0 spiro atoms. The van der Waals surface area contributed by atoms with Crippen LogP contribution in [0.5, 0.6) is 5.75 Å². The van der Waals surface area contributed by atoms with Crippen molar-refractivity contribution in [2.75, 3.05) is 32.1 Å². The fourth-order valence-electron chi connectivity index (χ4n) is 4.71. The van der Waals surface area contributed by atoms with E-state index < -0.39 is 5.54 Å². The fourth-order valence-corrected chi connectivity index (χ4v) is 6.26. The van der Waals surface area contributed by atoms with Gasteiger partial charge in [-0.05, 0) is 56.2 Å². The zero-order valence-corrected chi connectivity index (χ0v) is 23.8. The number of aliphatic hydroxyl groups excluding tert-OH is 2. The predicted octanol–water partition coefficient (Wildman–Crippen LogP) is 2.50. The van der Waals surface area contributed by atoms with E-state index in [-0.39, 0.29) is 49.6 Å².